The molecule has 9 heteroatoms. The fourth-order valence-corrected chi connectivity index (χ4v) is 5.57. The van der Waals surface area contributed by atoms with Crippen LogP contribution in [0.4, 0.5) is 5.95 Å². The third-order valence-corrected chi connectivity index (χ3v) is 9.80. The number of imidazole rings is 1. The van der Waals surface area contributed by atoms with E-state index in [-0.39, 0.29) is 0 Å². The van der Waals surface area contributed by atoms with E-state index < -0.39 is 0 Å². The Labute approximate surface area is 407 Å². The second-order valence-electron chi connectivity index (χ2n) is 17.2. The van der Waals surface area contributed by atoms with E-state index in [4.69, 9.17) is 0 Å². The fourth-order valence-electron chi connectivity index (χ4n) is 5.57. The van der Waals surface area contributed by atoms with Crippen LogP contribution in [0.2, 0.25) is 0 Å². The van der Waals surface area contributed by atoms with E-state index >= 15 is 0 Å². The maximum Gasteiger partial charge on any atom is 0.225 e. The van der Waals surface area contributed by atoms with Gasteiger partial charge in [0.2, 0.25) is 5.95 Å². The van der Waals surface area contributed by atoms with Gasteiger partial charge in [-0.2, -0.15) is 5.10 Å². The highest BCUT2D eigenvalue weighted by molar-refractivity contribution is 5.78. The van der Waals surface area contributed by atoms with Crippen LogP contribution in [0.3, 0.4) is 0 Å². The topological polar surface area (TPSA) is 71.1 Å². The van der Waals surface area contributed by atoms with E-state index in [2.05, 4.69) is 136 Å². The number of rotatable bonds is 10. The summed E-state index contributed by atoms with van der Waals surface area (Å²) >= 11 is 0. The summed E-state index contributed by atoms with van der Waals surface area (Å²) < 4.78 is 3.97. The minimum absolute atomic E-state index is 0.408. The van der Waals surface area contributed by atoms with Crippen molar-refractivity contribution in [2.45, 2.75) is 235 Å². The highest BCUT2D eigenvalue weighted by Crippen LogP contribution is 2.15. The Morgan fingerprint density at radius 3 is 1.32 bits per heavy atom. The maximum atomic E-state index is 4.51. The van der Waals surface area contributed by atoms with E-state index in [0.29, 0.717) is 18.1 Å². The Bertz CT molecular complexity index is 1390. The van der Waals surface area contributed by atoms with Crippen molar-refractivity contribution in [2.24, 2.45) is 11.8 Å². The molecule has 4 aromatic rings. The van der Waals surface area contributed by atoms with Gasteiger partial charge in [0.25, 0.3) is 0 Å². The molecule has 0 N–H and O–H groups in total. The molecule has 382 valence electrons. The number of hydrogen-bond donors (Lipinski definition) is 0. The first-order chi connectivity index (χ1) is 31.0. The predicted molar refractivity (Wildman–Crippen MR) is 296 cm³/mol. The molecular formula is C56H113N9. The zero-order valence-electron chi connectivity index (χ0n) is 48.0. The molecule has 0 aliphatic carbocycles. The first-order valence-corrected chi connectivity index (χ1v) is 26.4. The van der Waals surface area contributed by atoms with E-state index in [1.165, 1.54) is 64.7 Å². The van der Waals surface area contributed by atoms with Crippen LogP contribution in [0.15, 0.2) is 67.6 Å². The number of aromatic nitrogens is 6. The fraction of sp³-hybridized carbons (Fsp3) is 0.750. The third-order valence-electron chi connectivity index (χ3n) is 9.80. The zero-order valence-corrected chi connectivity index (χ0v) is 48.0. The van der Waals surface area contributed by atoms with Crippen LogP contribution in [0.25, 0.3) is 10.9 Å². The Hall–Kier alpha value is -3.30. The summed E-state index contributed by atoms with van der Waals surface area (Å²) in [4.78, 5) is 19.8. The molecule has 65 heavy (non-hydrogen) atoms. The Morgan fingerprint density at radius 2 is 1.03 bits per heavy atom. The highest BCUT2D eigenvalue weighted by atomic mass is 15.3. The summed E-state index contributed by atoms with van der Waals surface area (Å²) in [6.07, 6.45) is 19.7. The van der Waals surface area contributed by atoms with Crippen molar-refractivity contribution in [2.75, 3.05) is 38.1 Å². The third kappa shape index (κ3) is 38.5. The molecule has 0 unspecified atom stereocenters. The minimum atomic E-state index is 0.408. The van der Waals surface area contributed by atoms with Crippen molar-refractivity contribution in [1.82, 2.24) is 39.1 Å². The van der Waals surface area contributed by atoms with Crippen molar-refractivity contribution in [3.05, 3.63) is 67.6 Å². The molecule has 0 atom stereocenters. The van der Waals surface area contributed by atoms with Crippen LogP contribution < -0.4 is 4.90 Å². The van der Waals surface area contributed by atoms with E-state index in [0.717, 1.165) is 40.8 Å². The van der Waals surface area contributed by atoms with Gasteiger partial charge in [0, 0.05) is 73.6 Å². The van der Waals surface area contributed by atoms with Crippen molar-refractivity contribution in [3.63, 3.8) is 0 Å². The summed E-state index contributed by atoms with van der Waals surface area (Å²) in [7, 11) is 2.01. The molecule has 1 aromatic carbocycles. The smallest absolute Gasteiger partial charge is 0.225 e. The van der Waals surface area contributed by atoms with Crippen LogP contribution in [0.1, 0.15) is 217 Å². The summed E-state index contributed by atoms with van der Waals surface area (Å²) in [5, 5.41) is 5.11. The molecule has 0 bridgehead atoms. The second kappa shape index (κ2) is 48.6. The van der Waals surface area contributed by atoms with Crippen LogP contribution >= 0.6 is 0 Å². The van der Waals surface area contributed by atoms with E-state index in [1.54, 1.807) is 12.4 Å². The first kappa shape index (κ1) is 70.7. The van der Waals surface area contributed by atoms with Gasteiger partial charge in [-0.3, -0.25) is 4.68 Å². The standard InChI is InChI=1S/C12H15N3.C9H20.C7H15N.2C6H10N2.C6H13N.5C2H6/c1-9(2)15(3)12-13-8-10-6-4-5-7-11(10)14-12;1-8(2)6-5-7-9(3)4;1-7(2)8-5-3-4-6-8;1-6(2)8-4-3-7-5-8;1-6(2)8-5-3-4-7-8;1-6(2)7-4-3-5-7;5*1-2/h4-9H,1-3H3;8-9H,5-7H2,1-4H3;7H,3-6H2,1-2H3;2*3-6H,1-2H3;6H,3-5H2,1-2H3;5*1-2H3. The van der Waals surface area contributed by atoms with Crippen molar-refractivity contribution >= 4 is 16.9 Å². The largest absolute Gasteiger partial charge is 0.341 e. The van der Waals surface area contributed by atoms with Crippen LogP contribution in [0.5, 0.6) is 0 Å². The molecule has 0 spiro atoms. The number of fused-ring (bicyclic) bond motifs is 1. The number of nitrogens with zero attached hydrogens (tertiary/aromatic N) is 9. The van der Waals surface area contributed by atoms with Gasteiger partial charge in [-0.25, -0.2) is 15.0 Å². The van der Waals surface area contributed by atoms with Crippen molar-refractivity contribution < 1.29 is 0 Å². The van der Waals surface area contributed by atoms with E-state index in [1.807, 2.05) is 136 Å². The van der Waals surface area contributed by atoms with Crippen LogP contribution in [0, 0.1) is 11.8 Å². The summed E-state index contributed by atoms with van der Waals surface area (Å²) in [6.45, 7) is 56.2. The number of benzene rings is 1. The molecule has 0 radical (unpaired) electrons. The van der Waals surface area contributed by atoms with Gasteiger partial charge in [0.05, 0.1) is 11.8 Å². The summed E-state index contributed by atoms with van der Waals surface area (Å²) in [6, 6.07) is 13.0. The quantitative estimate of drug-likeness (QED) is 0.157. The molecule has 5 heterocycles. The molecule has 3 aromatic heterocycles. The zero-order chi connectivity index (χ0) is 51.3. The Morgan fingerprint density at radius 1 is 0.554 bits per heavy atom. The van der Waals surface area contributed by atoms with Gasteiger partial charge in [-0.15, -0.1) is 0 Å². The monoisotopic (exact) mass is 912 g/mol. The molecule has 0 saturated carbocycles. The molecule has 2 aliphatic rings. The normalized spacial score (nSPS) is 12.4. The lowest BCUT2D eigenvalue weighted by atomic mass is 10.0. The number of likely N-dealkylation sites (tertiary alicyclic amines) is 2. The Balaban J connectivity index is -0.000000217. The molecule has 2 saturated heterocycles. The lowest BCUT2D eigenvalue weighted by Crippen LogP contribution is -2.41. The summed E-state index contributed by atoms with van der Waals surface area (Å²) in [5.41, 5.74) is 0.995. The molecular weight excluding hydrogens is 799 g/mol. The SMILES string of the molecule is CC.CC.CC.CC.CC.CC(C)CCCC(C)C.CC(C)N(C)c1ncc2ccccc2n1.CC(C)N1CCC1.CC(C)N1CCCC1.CC(C)n1cccn1.CC(C)n1ccnc1. The molecule has 6 rings (SSSR count). The lowest BCUT2D eigenvalue weighted by molar-refractivity contribution is 0.138. The average molecular weight is 913 g/mol. The predicted octanol–water partition coefficient (Wildman–Crippen LogP) is 16.6. The van der Waals surface area contributed by atoms with Gasteiger partial charge in [0.1, 0.15) is 0 Å². The molecule has 2 aliphatic heterocycles. The highest BCUT2D eigenvalue weighted by Gasteiger charge is 2.15. The molecule has 9 nitrogen and oxygen atoms in total. The van der Waals surface area contributed by atoms with Gasteiger partial charge in [-0.05, 0) is 139 Å². The lowest BCUT2D eigenvalue weighted by Gasteiger charge is -2.34. The molecule has 0 amide bonds. The summed E-state index contributed by atoms with van der Waals surface area (Å²) in [5.74, 6) is 2.57. The average Bonchev–Trinajstić information content (AvgIpc) is 4.13. The molecule has 2 fully saturated rings. The van der Waals surface area contributed by atoms with Gasteiger partial charge >= 0.3 is 0 Å². The van der Waals surface area contributed by atoms with Gasteiger partial charge in [0.15, 0.2) is 0 Å². The minimum Gasteiger partial charge on any atom is -0.341 e. The number of hydrogen-bond acceptors (Lipinski definition) is 7. The first-order valence-electron chi connectivity index (χ1n) is 26.4. The van der Waals surface area contributed by atoms with Crippen LogP contribution in [-0.4, -0.2) is 90.5 Å². The number of anilines is 1. The van der Waals surface area contributed by atoms with Crippen molar-refractivity contribution in [3.8, 4) is 0 Å². The van der Waals surface area contributed by atoms with Crippen LogP contribution in [-0.2, 0) is 0 Å². The van der Waals surface area contributed by atoms with Gasteiger partial charge < -0.3 is 19.3 Å². The maximum absolute atomic E-state index is 4.51. The number of para-hydroxylation sites is 1. The second-order valence-corrected chi connectivity index (χ2v) is 17.2. The van der Waals surface area contributed by atoms with Gasteiger partial charge in [-0.1, -0.05) is 134 Å². The van der Waals surface area contributed by atoms with Crippen molar-refractivity contribution in [1.29, 1.82) is 0 Å². The van der Waals surface area contributed by atoms with E-state index in [9.17, 15) is 0 Å². The Kier molecular flexibility index (Phi) is 52.9.